The Labute approximate surface area is 156 Å². The van der Waals surface area contributed by atoms with Crippen LogP contribution in [0.5, 0.6) is 0 Å². The highest BCUT2D eigenvalue weighted by Crippen LogP contribution is 2.27. The van der Waals surface area contributed by atoms with Crippen molar-refractivity contribution in [1.82, 2.24) is 0 Å². The molecule has 0 heterocycles. The number of esters is 1. The number of anilines is 1. The number of ether oxygens (including phenoxy) is 2. The second kappa shape index (κ2) is 8.91. The summed E-state index contributed by atoms with van der Waals surface area (Å²) in [6.07, 6.45) is 0. The Morgan fingerprint density at radius 2 is 1.85 bits per heavy atom. The van der Waals surface area contributed by atoms with Gasteiger partial charge in [0.2, 0.25) is 0 Å². The van der Waals surface area contributed by atoms with E-state index >= 15 is 0 Å². The van der Waals surface area contributed by atoms with Gasteiger partial charge in [0.25, 0.3) is 11.6 Å². The minimum Gasteiger partial charge on any atom is -0.452 e. The first kappa shape index (κ1) is 20.1. The van der Waals surface area contributed by atoms with Crippen molar-refractivity contribution in [1.29, 1.82) is 0 Å². The van der Waals surface area contributed by atoms with E-state index < -0.39 is 23.4 Å². The Morgan fingerprint density at radius 3 is 2.52 bits per heavy atom. The number of hydrogen-bond acceptors (Lipinski definition) is 6. The van der Waals surface area contributed by atoms with Crippen molar-refractivity contribution in [3.8, 4) is 0 Å². The lowest BCUT2D eigenvalue weighted by molar-refractivity contribution is -0.384. The molecule has 0 bridgehead atoms. The summed E-state index contributed by atoms with van der Waals surface area (Å²) >= 11 is 0. The molecule has 142 valence electrons. The van der Waals surface area contributed by atoms with Crippen LogP contribution in [0.4, 0.5) is 11.4 Å². The van der Waals surface area contributed by atoms with Crippen molar-refractivity contribution in [3.63, 3.8) is 0 Å². The molecule has 0 saturated carbocycles. The van der Waals surface area contributed by atoms with E-state index in [9.17, 15) is 19.7 Å². The molecule has 0 spiro atoms. The summed E-state index contributed by atoms with van der Waals surface area (Å²) in [6.45, 7) is 3.31. The molecule has 8 heteroatoms. The number of carbonyl (C=O) groups is 2. The summed E-state index contributed by atoms with van der Waals surface area (Å²) in [5, 5.41) is 13.6. The summed E-state index contributed by atoms with van der Waals surface area (Å²) in [5.41, 5.74) is 2.46. The number of nitrogens with zero attached hydrogens (tertiary/aromatic N) is 1. The molecule has 8 nitrogen and oxygen atoms in total. The van der Waals surface area contributed by atoms with Crippen LogP contribution in [0.2, 0.25) is 0 Å². The van der Waals surface area contributed by atoms with Gasteiger partial charge in [0, 0.05) is 13.2 Å². The van der Waals surface area contributed by atoms with E-state index in [0.29, 0.717) is 6.61 Å². The summed E-state index contributed by atoms with van der Waals surface area (Å²) in [5.74, 6) is -1.33. The van der Waals surface area contributed by atoms with Gasteiger partial charge in [-0.25, -0.2) is 4.79 Å². The Bertz CT molecular complexity index is 878. The van der Waals surface area contributed by atoms with Gasteiger partial charge in [-0.15, -0.1) is 0 Å². The van der Waals surface area contributed by atoms with Gasteiger partial charge in [0.15, 0.2) is 6.61 Å². The molecule has 0 saturated heterocycles. The highest BCUT2D eigenvalue weighted by Gasteiger charge is 2.18. The topological polar surface area (TPSA) is 108 Å². The molecular weight excluding hydrogens is 352 g/mol. The first-order chi connectivity index (χ1) is 12.8. The third-order valence-electron chi connectivity index (χ3n) is 3.89. The van der Waals surface area contributed by atoms with Gasteiger partial charge in [0.1, 0.15) is 5.69 Å². The number of benzene rings is 2. The van der Waals surface area contributed by atoms with Crippen molar-refractivity contribution in [2.24, 2.45) is 0 Å². The molecule has 0 aromatic heterocycles. The predicted octanol–water partition coefficient (Wildman–Crippen LogP) is 3.15. The number of aryl methyl sites for hydroxylation is 2. The number of nitro benzene ring substituents is 1. The average Bonchev–Trinajstić information content (AvgIpc) is 2.63. The predicted molar refractivity (Wildman–Crippen MR) is 98.6 cm³/mol. The van der Waals surface area contributed by atoms with Gasteiger partial charge in [-0.05, 0) is 48.7 Å². The highest BCUT2D eigenvalue weighted by molar-refractivity contribution is 5.97. The maximum atomic E-state index is 12.1. The van der Waals surface area contributed by atoms with Crippen LogP contribution in [-0.2, 0) is 20.9 Å². The van der Waals surface area contributed by atoms with E-state index in [2.05, 4.69) is 5.32 Å². The third-order valence-corrected chi connectivity index (χ3v) is 3.89. The molecule has 2 aromatic rings. The quantitative estimate of drug-likeness (QED) is 0.454. The third kappa shape index (κ3) is 5.35. The normalized spacial score (nSPS) is 10.3. The summed E-state index contributed by atoms with van der Waals surface area (Å²) in [6, 6.07) is 9.56. The highest BCUT2D eigenvalue weighted by atomic mass is 16.6. The molecule has 2 aromatic carbocycles. The number of carbonyl (C=O) groups excluding carboxylic acids is 2. The van der Waals surface area contributed by atoms with E-state index in [1.807, 2.05) is 0 Å². The largest absolute Gasteiger partial charge is 0.452 e. The van der Waals surface area contributed by atoms with Crippen LogP contribution in [0.1, 0.15) is 27.0 Å². The molecule has 0 radical (unpaired) electrons. The lowest BCUT2D eigenvalue weighted by Gasteiger charge is -2.10. The zero-order valence-electron chi connectivity index (χ0n) is 15.3. The van der Waals surface area contributed by atoms with Crippen LogP contribution in [0.15, 0.2) is 36.4 Å². The summed E-state index contributed by atoms with van der Waals surface area (Å²) in [4.78, 5) is 34.7. The molecule has 1 N–H and O–H groups in total. The maximum Gasteiger partial charge on any atom is 0.338 e. The van der Waals surface area contributed by atoms with Crippen molar-refractivity contribution in [2.45, 2.75) is 20.5 Å². The van der Waals surface area contributed by atoms with Gasteiger partial charge in [-0.1, -0.05) is 12.1 Å². The van der Waals surface area contributed by atoms with Crippen LogP contribution in [0.25, 0.3) is 0 Å². The smallest absolute Gasteiger partial charge is 0.338 e. The molecule has 27 heavy (non-hydrogen) atoms. The minimum absolute atomic E-state index is 0.0613. The number of methoxy groups -OCH3 is 1. The van der Waals surface area contributed by atoms with Crippen LogP contribution in [-0.4, -0.2) is 30.5 Å². The van der Waals surface area contributed by atoms with E-state index in [-0.39, 0.29) is 16.9 Å². The van der Waals surface area contributed by atoms with E-state index in [1.54, 1.807) is 45.2 Å². The van der Waals surface area contributed by atoms with Crippen molar-refractivity contribution >= 4 is 23.3 Å². The van der Waals surface area contributed by atoms with E-state index in [4.69, 9.17) is 9.47 Å². The van der Waals surface area contributed by atoms with Gasteiger partial charge in [-0.2, -0.15) is 0 Å². The lowest BCUT2D eigenvalue weighted by Crippen LogP contribution is -2.21. The molecule has 0 aliphatic heterocycles. The summed E-state index contributed by atoms with van der Waals surface area (Å²) < 4.78 is 9.99. The van der Waals surface area contributed by atoms with Crippen LogP contribution < -0.4 is 5.32 Å². The fourth-order valence-corrected chi connectivity index (χ4v) is 2.41. The van der Waals surface area contributed by atoms with Gasteiger partial charge < -0.3 is 14.8 Å². The fraction of sp³-hybridized carbons (Fsp3) is 0.263. The monoisotopic (exact) mass is 372 g/mol. The SMILES string of the molecule is COCc1cccc(C(=O)OCC(=O)Nc2cc(C)c(C)cc2[N+](=O)[O-])c1. The zero-order valence-corrected chi connectivity index (χ0v) is 15.3. The average molecular weight is 372 g/mol. The Morgan fingerprint density at radius 1 is 1.15 bits per heavy atom. The Balaban J connectivity index is 2.02. The number of amides is 1. The molecule has 2 rings (SSSR count). The van der Waals surface area contributed by atoms with E-state index in [0.717, 1.165) is 16.7 Å². The molecular formula is C19H20N2O6. The molecule has 0 atom stereocenters. The number of hydrogen-bond donors (Lipinski definition) is 1. The molecule has 0 aliphatic carbocycles. The van der Waals surface area contributed by atoms with Gasteiger partial charge in [0.05, 0.1) is 17.1 Å². The molecule has 1 amide bonds. The number of rotatable bonds is 7. The van der Waals surface area contributed by atoms with Gasteiger partial charge in [-0.3, -0.25) is 14.9 Å². The van der Waals surface area contributed by atoms with E-state index in [1.165, 1.54) is 12.1 Å². The summed E-state index contributed by atoms with van der Waals surface area (Å²) in [7, 11) is 1.54. The van der Waals surface area contributed by atoms with Crippen molar-refractivity contribution in [3.05, 3.63) is 68.8 Å². The first-order valence-corrected chi connectivity index (χ1v) is 8.12. The first-order valence-electron chi connectivity index (χ1n) is 8.12. The standard InChI is InChI=1S/C19H20N2O6/c1-12-7-16(17(21(24)25)8-13(12)2)20-18(22)11-27-19(23)15-6-4-5-14(9-15)10-26-3/h4-9H,10-11H2,1-3H3,(H,20,22). The van der Waals surface area contributed by atoms with Crippen LogP contribution >= 0.6 is 0 Å². The lowest BCUT2D eigenvalue weighted by atomic mass is 10.1. The number of nitrogens with one attached hydrogen (secondary N) is 1. The zero-order chi connectivity index (χ0) is 20.0. The van der Waals surface area contributed by atoms with Crippen molar-refractivity contribution in [2.75, 3.05) is 19.0 Å². The van der Waals surface area contributed by atoms with Gasteiger partial charge >= 0.3 is 5.97 Å². The maximum absolute atomic E-state index is 12.1. The molecule has 0 aliphatic rings. The Hall–Kier alpha value is -3.26. The Kier molecular flexibility index (Phi) is 6.62. The minimum atomic E-state index is -0.669. The van der Waals surface area contributed by atoms with Crippen LogP contribution in [0.3, 0.4) is 0 Å². The second-order valence-electron chi connectivity index (χ2n) is 5.97. The molecule has 0 unspecified atom stereocenters. The molecule has 0 fully saturated rings. The second-order valence-corrected chi connectivity index (χ2v) is 5.97. The van der Waals surface area contributed by atoms with Crippen molar-refractivity contribution < 1.29 is 24.0 Å². The number of nitro groups is 1. The van der Waals surface area contributed by atoms with Crippen LogP contribution in [0, 0.1) is 24.0 Å². The fourth-order valence-electron chi connectivity index (χ4n) is 2.41.